The molecular formula is C35H34N3O3+. The third-order valence-corrected chi connectivity index (χ3v) is 7.60. The molecule has 0 radical (unpaired) electrons. The summed E-state index contributed by atoms with van der Waals surface area (Å²) in [5, 5.41) is 3.16. The number of aromatic nitrogens is 3. The standard InChI is InChI=1S/C35H34N3O3/c1-23-16-31-32(17-24(23)2)37(21-33(39)27-15-14-25-10-6-7-11-26(25)18-27)22-36(31)19-28-20-38(34(40)41-35(3,4)5)30-13-9-8-12-29(28)30/h6-18,20,22H,19,21H2,1-5H3/q+1. The van der Waals surface area contributed by atoms with E-state index in [0.29, 0.717) is 12.1 Å². The minimum absolute atomic E-state index is 0.0551. The van der Waals surface area contributed by atoms with Crippen molar-refractivity contribution in [2.75, 3.05) is 0 Å². The number of hydrogen-bond acceptors (Lipinski definition) is 3. The minimum Gasteiger partial charge on any atom is -0.443 e. The van der Waals surface area contributed by atoms with Gasteiger partial charge in [-0.2, -0.15) is 0 Å². The number of carbonyl (C=O) groups is 2. The Balaban J connectivity index is 1.39. The van der Waals surface area contributed by atoms with Gasteiger partial charge in [0.05, 0.1) is 5.52 Å². The molecule has 0 saturated heterocycles. The Bertz CT molecular complexity index is 1970. The lowest BCUT2D eigenvalue weighted by Crippen LogP contribution is -2.33. The Morgan fingerprint density at radius 3 is 2.32 bits per heavy atom. The molecule has 6 nitrogen and oxygen atoms in total. The Hall–Kier alpha value is -4.71. The SMILES string of the molecule is Cc1cc2c(cc1C)[n+](Cc1cn(C(=O)OC(C)(C)C)c3ccccc13)cn2CC(=O)c1ccc2ccccc2c1. The molecule has 6 rings (SSSR count). The molecule has 0 unspecified atom stereocenters. The molecule has 0 bridgehead atoms. The van der Waals surface area contributed by atoms with Crippen molar-refractivity contribution in [1.82, 2.24) is 9.13 Å². The van der Waals surface area contributed by atoms with E-state index in [4.69, 9.17) is 4.74 Å². The number of ketones is 1. The van der Waals surface area contributed by atoms with Crippen LogP contribution < -0.4 is 4.57 Å². The second-order valence-corrected chi connectivity index (χ2v) is 11.8. The summed E-state index contributed by atoms with van der Waals surface area (Å²) >= 11 is 0. The molecule has 0 atom stereocenters. The van der Waals surface area contributed by atoms with E-state index in [2.05, 4.69) is 36.6 Å². The molecule has 0 spiro atoms. The second-order valence-electron chi connectivity index (χ2n) is 11.8. The molecule has 6 aromatic rings. The zero-order valence-corrected chi connectivity index (χ0v) is 24.1. The number of nitrogens with zero attached hydrogens (tertiary/aromatic N) is 3. The van der Waals surface area contributed by atoms with Crippen LogP contribution in [0, 0.1) is 13.8 Å². The van der Waals surface area contributed by atoms with Crippen LogP contribution >= 0.6 is 0 Å². The first-order valence-corrected chi connectivity index (χ1v) is 13.9. The van der Waals surface area contributed by atoms with Crippen LogP contribution in [-0.2, 0) is 17.8 Å². The van der Waals surface area contributed by atoms with E-state index in [1.54, 1.807) is 4.57 Å². The van der Waals surface area contributed by atoms with Crippen LogP contribution in [0.15, 0.2) is 91.4 Å². The first-order valence-electron chi connectivity index (χ1n) is 13.9. The van der Waals surface area contributed by atoms with E-state index in [1.807, 2.05) is 98.5 Å². The fourth-order valence-electron chi connectivity index (χ4n) is 5.42. The van der Waals surface area contributed by atoms with Crippen molar-refractivity contribution >= 4 is 44.6 Å². The van der Waals surface area contributed by atoms with E-state index in [1.165, 1.54) is 11.1 Å². The van der Waals surface area contributed by atoms with Crippen molar-refractivity contribution < 1.29 is 18.9 Å². The number of Topliss-reactive ketones (excluding diaryl/α,β-unsaturated/α-hetero) is 1. The summed E-state index contributed by atoms with van der Waals surface area (Å²) in [7, 11) is 0. The summed E-state index contributed by atoms with van der Waals surface area (Å²) in [4.78, 5) is 26.6. The third kappa shape index (κ3) is 5.13. The van der Waals surface area contributed by atoms with Gasteiger partial charge in [0.2, 0.25) is 12.1 Å². The lowest BCUT2D eigenvalue weighted by molar-refractivity contribution is -0.663. The van der Waals surface area contributed by atoms with Crippen LogP contribution in [0.25, 0.3) is 32.7 Å². The summed E-state index contributed by atoms with van der Waals surface area (Å²) in [5.41, 5.74) is 6.28. The molecule has 0 fully saturated rings. The molecule has 2 aromatic heterocycles. The number of imidazole rings is 1. The Morgan fingerprint density at radius 1 is 0.829 bits per heavy atom. The maximum atomic E-state index is 13.5. The van der Waals surface area contributed by atoms with Crippen molar-refractivity contribution in [3.05, 3.63) is 114 Å². The molecule has 0 aliphatic carbocycles. The third-order valence-electron chi connectivity index (χ3n) is 7.60. The van der Waals surface area contributed by atoms with Crippen LogP contribution in [0.2, 0.25) is 0 Å². The zero-order chi connectivity index (χ0) is 28.9. The summed E-state index contributed by atoms with van der Waals surface area (Å²) in [6.07, 6.45) is 3.48. The van der Waals surface area contributed by atoms with Crippen LogP contribution in [-0.4, -0.2) is 26.6 Å². The van der Waals surface area contributed by atoms with Gasteiger partial charge in [0.1, 0.15) is 12.1 Å². The van der Waals surface area contributed by atoms with Crippen molar-refractivity contribution in [3.8, 4) is 0 Å². The van der Waals surface area contributed by atoms with Gasteiger partial charge in [-0.3, -0.25) is 9.36 Å². The van der Waals surface area contributed by atoms with Gasteiger partial charge in [-0.15, -0.1) is 0 Å². The molecule has 41 heavy (non-hydrogen) atoms. The fraction of sp³-hybridized carbons (Fsp3) is 0.229. The van der Waals surface area contributed by atoms with E-state index >= 15 is 0 Å². The van der Waals surface area contributed by atoms with Crippen molar-refractivity contribution in [2.24, 2.45) is 0 Å². The molecule has 4 aromatic carbocycles. The Labute approximate surface area is 239 Å². The highest BCUT2D eigenvalue weighted by Gasteiger charge is 2.24. The van der Waals surface area contributed by atoms with Crippen LogP contribution in [0.3, 0.4) is 0 Å². The Morgan fingerprint density at radius 2 is 1.54 bits per heavy atom. The molecular weight excluding hydrogens is 510 g/mol. The molecule has 0 amide bonds. The topological polar surface area (TPSA) is 57.1 Å². The van der Waals surface area contributed by atoms with Crippen molar-refractivity contribution in [2.45, 2.75) is 53.3 Å². The predicted molar refractivity (Wildman–Crippen MR) is 163 cm³/mol. The molecule has 2 heterocycles. The summed E-state index contributed by atoms with van der Waals surface area (Å²) < 4.78 is 11.5. The lowest BCUT2D eigenvalue weighted by atomic mass is 10.0. The summed E-state index contributed by atoms with van der Waals surface area (Å²) in [6.45, 7) is 10.6. The maximum Gasteiger partial charge on any atom is 0.419 e. The highest BCUT2D eigenvalue weighted by molar-refractivity contribution is 6.00. The zero-order valence-electron chi connectivity index (χ0n) is 24.1. The number of fused-ring (bicyclic) bond motifs is 3. The number of hydrogen-bond donors (Lipinski definition) is 0. The smallest absolute Gasteiger partial charge is 0.419 e. The van der Waals surface area contributed by atoms with E-state index < -0.39 is 11.7 Å². The number of rotatable bonds is 5. The number of aryl methyl sites for hydroxylation is 2. The van der Waals surface area contributed by atoms with Gasteiger partial charge in [0.25, 0.3) is 0 Å². The average Bonchev–Trinajstić information content (AvgIpc) is 3.46. The largest absolute Gasteiger partial charge is 0.443 e. The normalized spacial score (nSPS) is 11.9. The van der Waals surface area contributed by atoms with Gasteiger partial charge in [-0.05, 0) is 80.8 Å². The highest BCUT2D eigenvalue weighted by Crippen LogP contribution is 2.25. The number of carbonyl (C=O) groups excluding carboxylic acids is 2. The van der Waals surface area contributed by atoms with Gasteiger partial charge in [0, 0.05) is 22.7 Å². The molecule has 206 valence electrons. The monoisotopic (exact) mass is 544 g/mol. The predicted octanol–water partition coefficient (Wildman–Crippen LogP) is 7.37. The molecule has 0 saturated carbocycles. The van der Waals surface area contributed by atoms with Crippen LogP contribution in [0.1, 0.15) is 47.8 Å². The van der Waals surface area contributed by atoms with Gasteiger partial charge < -0.3 is 4.74 Å². The Kier molecular flexibility index (Phi) is 6.49. The molecule has 6 heteroatoms. The first kappa shape index (κ1) is 26.5. The number of ether oxygens (including phenoxy) is 1. The van der Waals surface area contributed by atoms with Crippen molar-refractivity contribution in [3.63, 3.8) is 0 Å². The van der Waals surface area contributed by atoms with Gasteiger partial charge in [-0.1, -0.05) is 54.6 Å². The average molecular weight is 545 g/mol. The highest BCUT2D eigenvalue weighted by atomic mass is 16.6. The lowest BCUT2D eigenvalue weighted by Gasteiger charge is -2.19. The van der Waals surface area contributed by atoms with E-state index in [0.717, 1.165) is 38.3 Å². The van der Waals surface area contributed by atoms with Gasteiger partial charge in [0.15, 0.2) is 17.6 Å². The molecule has 0 N–H and O–H groups in total. The molecule has 0 aliphatic rings. The summed E-state index contributed by atoms with van der Waals surface area (Å²) in [6, 6.07) is 26.2. The van der Waals surface area contributed by atoms with Crippen LogP contribution in [0.5, 0.6) is 0 Å². The summed E-state index contributed by atoms with van der Waals surface area (Å²) in [5.74, 6) is 0.0551. The number of benzene rings is 4. The minimum atomic E-state index is -0.599. The van der Waals surface area contributed by atoms with Gasteiger partial charge >= 0.3 is 6.09 Å². The van der Waals surface area contributed by atoms with Crippen molar-refractivity contribution in [1.29, 1.82) is 0 Å². The van der Waals surface area contributed by atoms with Gasteiger partial charge in [-0.25, -0.2) is 13.9 Å². The van der Waals surface area contributed by atoms with Crippen LogP contribution in [0.4, 0.5) is 4.79 Å². The van der Waals surface area contributed by atoms with E-state index in [9.17, 15) is 9.59 Å². The fourth-order valence-corrected chi connectivity index (χ4v) is 5.42. The second kappa shape index (κ2) is 10.0. The van der Waals surface area contributed by atoms with E-state index in [-0.39, 0.29) is 12.3 Å². The first-order chi connectivity index (χ1) is 19.6. The quantitative estimate of drug-likeness (QED) is 0.168. The maximum absolute atomic E-state index is 13.5. The number of para-hydroxylation sites is 1. The molecule has 0 aliphatic heterocycles.